The van der Waals surface area contributed by atoms with Gasteiger partial charge in [-0.15, -0.1) is 0 Å². The second-order valence-corrected chi connectivity index (χ2v) is 36.2. The van der Waals surface area contributed by atoms with Crippen molar-refractivity contribution >= 4 is 46.9 Å². The lowest BCUT2D eigenvalue weighted by molar-refractivity contribution is -0.384. The second kappa shape index (κ2) is 88.9. The van der Waals surface area contributed by atoms with Gasteiger partial charge in [0.25, 0.3) is 0 Å². The summed E-state index contributed by atoms with van der Waals surface area (Å²) in [7, 11) is 1.94. The largest absolute Gasteiger partial charge is 0.462 e. The number of nitro groups is 1. The molecule has 0 aromatic carbocycles. The van der Waals surface area contributed by atoms with Gasteiger partial charge in [0.1, 0.15) is 30.2 Å². The van der Waals surface area contributed by atoms with Crippen molar-refractivity contribution in [1.82, 2.24) is 19.8 Å². The van der Waals surface area contributed by atoms with Crippen molar-refractivity contribution in [3.8, 4) is 0 Å². The number of aromatic nitrogens is 2. The first-order chi connectivity index (χ1) is 60.3. The van der Waals surface area contributed by atoms with E-state index in [4.69, 9.17) is 18.9 Å². The SMILES string of the molecule is CCCCCCCCC(CC)OC(=O)CCCCCCCN(CCCCCCCC(=O)OC(CCCCCCCC)CCCCCCCC)CCCNc1ncccc1NC.CCCCCCCCC(CC)OC(=O)CCCCCCCN(CCCCCCCC(=O)OC(CCCCCCCC)CCCCCCCC)CCCNc1ncccc1[N+](=O)[O-]. The van der Waals surface area contributed by atoms with E-state index in [0.29, 0.717) is 38.0 Å². The summed E-state index contributed by atoms with van der Waals surface area (Å²) in [6, 6.07) is 7.09. The van der Waals surface area contributed by atoms with Crippen LogP contribution in [0.4, 0.5) is 23.0 Å². The number of rotatable bonds is 92. The number of pyridine rings is 2. The molecule has 2 heterocycles. The molecule has 0 aliphatic heterocycles. The molecule has 123 heavy (non-hydrogen) atoms. The Bertz CT molecular complexity index is 2640. The van der Waals surface area contributed by atoms with Crippen molar-refractivity contribution < 1.29 is 43.0 Å². The van der Waals surface area contributed by atoms with Gasteiger partial charge in [0.05, 0.1) is 10.6 Å². The smallest absolute Gasteiger partial charge is 0.311 e. The summed E-state index contributed by atoms with van der Waals surface area (Å²) in [6.45, 7) is 25.6. The monoisotopic (exact) mass is 1730 g/mol. The zero-order valence-corrected chi connectivity index (χ0v) is 81.7. The minimum Gasteiger partial charge on any atom is -0.462 e. The molecule has 18 heteroatoms. The molecule has 0 aliphatic rings. The van der Waals surface area contributed by atoms with E-state index in [1.807, 2.05) is 19.3 Å². The lowest BCUT2D eigenvalue weighted by Crippen LogP contribution is -2.28. The van der Waals surface area contributed by atoms with Crippen LogP contribution < -0.4 is 16.0 Å². The van der Waals surface area contributed by atoms with Crippen LogP contribution in [0.3, 0.4) is 0 Å². The molecule has 3 N–H and O–H groups in total. The molecule has 0 saturated carbocycles. The third kappa shape index (κ3) is 73.5. The highest BCUT2D eigenvalue weighted by Gasteiger charge is 2.20. The normalized spacial score (nSPS) is 12.0. The molecule has 716 valence electrons. The Morgan fingerprint density at radius 2 is 0.553 bits per heavy atom. The van der Waals surface area contributed by atoms with Crippen LogP contribution in [0.1, 0.15) is 505 Å². The van der Waals surface area contributed by atoms with Crippen molar-refractivity contribution in [2.45, 2.75) is 529 Å². The number of nitrogens with one attached hydrogen (secondary N) is 3. The quantitative estimate of drug-likeness (QED) is 0.0184. The lowest BCUT2D eigenvalue weighted by Gasteiger charge is -2.23. The molecule has 0 spiro atoms. The zero-order chi connectivity index (χ0) is 89.4. The van der Waals surface area contributed by atoms with Crippen LogP contribution in [0.25, 0.3) is 0 Å². The maximum Gasteiger partial charge on any atom is 0.311 e. The highest BCUT2D eigenvalue weighted by molar-refractivity contribution is 5.70. The lowest BCUT2D eigenvalue weighted by atomic mass is 10.0. The Kier molecular flexibility index (Phi) is 83.8. The van der Waals surface area contributed by atoms with E-state index in [1.165, 1.54) is 256 Å². The molecule has 0 fully saturated rings. The van der Waals surface area contributed by atoms with Gasteiger partial charge in [0.15, 0.2) is 0 Å². The molecule has 2 rings (SSSR count). The fourth-order valence-electron chi connectivity index (χ4n) is 16.8. The van der Waals surface area contributed by atoms with E-state index in [9.17, 15) is 29.3 Å². The Balaban J connectivity index is 0.00000123. The molecular formula is C105H196N8O10. The van der Waals surface area contributed by atoms with Crippen LogP contribution in [0.15, 0.2) is 36.7 Å². The van der Waals surface area contributed by atoms with E-state index >= 15 is 0 Å². The summed E-state index contributed by atoms with van der Waals surface area (Å²) >= 11 is 0. The van der Waals surface area contributed by atoms with Crippen LogP contribution in [0, 0.1) is 10.1 Å². The van der Waals surface area contributed by atoms with Crippen molar-refractivity contribution in [2.24, 2.45) is 0 Å². The Hall–Kier alpha value is -5.10. The fourth-order valence-corrected chi connectivity index (χ4v) is 16.8. The van der Waals surface area contributed by atoms with Gasteiger partial charge in [-0.3, -0.25) is 29.3 Å². The predicted octanol–water partition coefficient (Wildman–Crippen LogP) is 30.7. The number of carbonyl (C=O) groups excluding carboxylic acids is 4. The summed E-state index contributed by atoms with van der Waals surface area (Å²) in [4.78, 5) is 75.7. The van der Waals surface area contributed by atoms with E-state index in [2.05, 4.69) is 97.2 Å². The van der Waals surface area contributed by atoms with Crippen LogP contribution in [0.5, 0.6) is 0 Å². The number of carbonyl (C=O) groups is 4. The number of hydrogen-bond donors (Lipinski definition) is 3. The number of esters is 4. The van der Waals surface area contributed by atoms with Gasteiger partial charge >= 0.3 is 29.6 Å². The minimum atomic E-state index is -0.391. The van der Waals surface area contributed by atoms with Crippen molar-refractivity contribution in [2.75, 3.05) is 75.4 Å². The average molecular weight is 1730 g/mol. The van der Waals surface area contributed by atoms with E-state index in [-0.39, 0.29) is 54.0 Å². The predicted molar refractivity (Wildman–Crippen MR) is 523 cm³/mol. The van der Waals surface area contributed by atoms with Crippen molar-refractivity contribution in [3.05, 3.63) is 46.8 Å². The molecule has 0 amide bonds. The number of unbranched alkanes of at least 4 members (excludes halogenated alkanes) is 46. The first kappa shape index (κ1) is 116. The molecular weight excluding hydrogens is 1530 g/mol. The fraction of sp³-hybridized carbons (Fsp3) is 0.867. The Labute approximate surface area is 757 Å². The van der Waals surface area contributed by atoms with Gasteiger partial charge in [-0.2, -0.15) is 0 Å². The first-order valence-electron chi connectivity index (χ1n) is 52.7. The molecule has 18 nitrogen and oxygen atoms in total. The van der Waals surface area contributed by atoms with Crippen molar-refractivity contribution in [1.29, 1.82) is 0 Å². The topological polar surface area (TPSA) is 217 Å². The molecule has 0 aliphatic carbocycles. The number of nitrogens with zero attached hydrogens (tertiary/aromatic N) is 5. The molecule has 2 atom stereocenters. The van der Waals surface area contributed by atoms with Gasteiger partial charge in [-0.1, -0.05) is 325 Å². The van der Waals surface area contributed by atoms with Gasteiger partial charge in [0, 0.05) is 64.3 Å². The van der Waals surface area contributed by atoms with Gasteiger partial charge < -0.3 is 44.7 Å². The third-order valence-corrected chi connectivity index (χ3v) is 24.7. The third-order valence-electron chi connectivity index (χ3n) is 24.7. The Morgan fingerprint density at radius 1 is 0.317 bits per heavy atom. The van der Waals surface area contributed by atoms with Crippen LogP contribution >= 0.6 is 0 Å². The standard InChI is InChI=1S/C53H100N4O4.C52H96N4O6/c1-6-10-13-16-21-28-37-48(9-4)60-51(58)41-31-24-19-26-33-45-57(47-36-44-56-53-50(54-5)40-35-43-55-53)46-34-27-20-25-32-42-52(59)61-49(38-29-22-17-14-11-7-2)39-30-23-18-15-12-8-3;1-5-9-12-15-20-27-36-47(8-4)61-50(57)40-30-23-18-25-32-44-55(46-35-43-54-52-49(56(59)60)39-34-42-53-52)45-33-26-19-24-31-41-51(58)62-48(37-28-21-16-13-10-6-2)38-29-22-17-14-11-7-3/h35,40,43,48-49,54H,6-34,36-39,41-42,44-47H2,1-5H3,(H,55,56);34,39,42,47-48H,5-33,35-38,40-41,43-46H2,1-4H3,(H,53,54). The first-order valence-corrected chi connectivity index (χ1v) is 52.7. The van der Waals surface area contributed by atoms with Gasteiger partial charge in [-0.25, -0.2) is 9.97 Å². The summed E-state index contributed by atoms with van der Waals surface area (Å²) in [5.74, 6) is 1.22. The highest BCUT2D eigenvalue weighted by Crippen LogP contribution is 2.26. The van der Waals surface area contributed by atoms with Gasteiger partial charge in [-0.05, 0) is 212 Å². The number of hydrogen-bond acceptors (Lipinski definition) is 17. The minimum absolute atomic E-state index is 0.00339. The van der Waals surface area contributed by atoms with Gasteiger partial charge in [0.2, 0.25) is 5.82 Å². The van der Waals surface area contributed by atoms with Crippen LogP contribution in [-0.2, 0) is 38.1 Å². The zero-order valence-electron chi connectivity index (χ0n) is 81.7. The molecule has 0 saturated heterocycles. The average Bonchev–Trinajstić information content (AvgIpc) is 0.895. The molecule has 0 radical (unpaired) electrons. The van der Waals surface area contributed by atoms with E-state index in [1.54, 1.807) is 12.3 Å². The highest BCUT2D eigenvalue weighted by atomic mass is 16.6. The summed E-state index contributed by atoms with van der Waals surface area (Å²) in [5, 5.41) is 21.4. The number of anilines is 3. The second-order valence-electron chi connectivity index (χ2n) is 36.2. The van der Waals surface area contributed by atoms with E-state index < -0.39 is 4.92 Å². The van der Waals surface area contributed by atoms with Crippen LogP contribution in [-0.4, -0.2) is 132 Å². The molecule has 2 unspecified atom stereocenters. The summed E-state index contributed by atoms with van der Waals surface area (Å²) in [6.07, 6.45) is 83.4. The van der Waals surface area contributed by atoms with Crippen LogP contribution in [0.2, 0.25) is 0 Å². The molecule has 2 aromatic heterocycles. The summed E-state index contributed by atoms with van der Waals surface area (Å²) < 4.78 is 23.8. The number of ether oxygens (including phenoxy) is 4. The van der Waals surface area contributed by atoms with Crippen molar-refractivity contribution in [3.63, 3.8) is 0 Å². The molecule has 0 bridgehead atoms. The molecule has 2 aromatic rings. The van der Waals surface area contributed by atoms with E-state index in [0.717, 1.165) is 231 Å². The Morgan fingerprint density at radius 3 is 0.837 bits per heavy atom. The maximum atomic E-state index is 12.9. The summed E-state index contributed by atoms with van der Waals surface area (Å²) in [5.41, 5.74) is 1.03. The maximum absolute atomic E-state index is 12.9.